The van der Waals surface area contributed by atoms with Gasteiger partial charge in [0.15, 0.2) is 0 Å². The highest BCUT2D eigenvalue weighted by Gasteiger charge is 2.35. The van der Waals surface area contributed by atoms with Gasteiger partial charge in [0.25, 0.3) is 5.91 Å². The Bertz CT molecular complexity index is 808. The molecule has 1 fully saturated rings. The maximum absolute atomic E-state index is 12.6. The number of amides is 3. The number of nitrogens with zero attached hydrogens (tertiary/aromatic N) is 5. The fraction of sp³-hybridized carbons (Fsp3) is 0.500. The van der Waals surface area contributed by atoms with E-state index in [4.69, 9.17) is 0 Å². The predicted molar refractivity (Wildman–Crippen MR) is 93.4 cm³/mol. The van der Waals surface area contributed by atoms with Crippen LogP contribution >= 0.6 is 0 Å². The van der Waals surface area contributed by atoms with Crippen LogP contribution in [0.15, 0.2) is 12.3 Å². The molecule has 3 amide bonds. The average molecular weight is 345 g/mol. The molecule has 25 heavy (non-hydrogen) atoms. The first kappa shape index (κ1) is 17.0. The van der Waals surface area contributed by atoms with Gasteiger partial charge in [-0.1, -0.05) is 6.92 Å². The Balaban J connectivity index is 1.64. The van der Waals surface area contributed by atoms with E-state index < -0.39 is 12.1 Å². The van der Waals surface area contributed by atoms with Gasteiger partial charge in [-0.05, 0) is 19.8 Å². The van der Waals surface area contributed by atoms with Gasteiger partial charge >= 0.3 is 6.03 Å². The SMILES string of the molecule is CCc1nn(C)cc1NC(=O)NC1CCN(c2cc(C)nn2C)C1=O. The van der Waals surface area contributed by atoms with Gasteiger partial charge in [-0.15, -0.1) is 0 Å². The lowest BCUT2D eigenvalue weighted by Gasteiger charge is -2.17. The van der Waals surface area contributed by atoms with Gasteiger partial charge in [-0.3, -0.25) is 19.1 Å². The third kappa shape index (κ3) is 3.35. The van der Waals surface area contributed by atoms with Gasteiger partial charge in [0.2, 0.25) is 0 Å². The Kier molecular flexibility index (Phi) is 4.47. The number of aryl methyl sites for hydroxylation is 4. The van der Waals surface area contributed by atoms with Crippen molar-refractivity contribution in [3.05, 3.63) is 23.7 Å². The van der Waals surface area contributed by atoms with Crippen LogP contribution in [0.3, 0.4) is 0 Å². The molecule has 0 radical (unpaired) electrons. The zero-order valence-electron chi connectivity index (χ0n) is 14.9. The number of nitrogens with one attached hydrogen (secondary N) is 2. The number of aromatic nitrogens is 4. The zero-order chi connectivity index (χ0) is 18.1. The molecule has 2 aromatic heterocycles. The van der Waals surface area contributed by atoms with E-state index >= 15 is 0 Å². The summed E-state index contributed by atoms with van der Waals surface area (Å²) in [4.78, 5) is 26.5. The Labute approximate surface area is 146 Å². The van der Waals surface area contributed by atoms with Gasteiger partial charge < -0.3 is 10.6 Å². The van der Waals surface area contributed by atoms with Crippen molar-refractivity contribution in [1.82, 2.24) is 24.9 Å². The van der Waals surface area contributed by atoms with Crippen molar-refractivity contribution >= 4 is 23.4 Å². The summed E-state index contributed by atoms with van der Waals surface area (Å²) in [6, 6.07) is 0.921. The molecule has 1 aliphatic rings. The molecule has 0 saturated carbocycles. The summed E-state index contributed by atoms with van der Waals surface area (Å²) < 4.78 is 3.33. The molecule has 1 saturated heterocycles. The lowest BCUT2D eigenvalue weighted by atomic mass is 10.2. The van der Waals surface area contributed by atoms with Crippen LogP contribution in [0.5, 0.6) is 0 Å². The quantitative estimate of drug-likeness (QED) is 0.862. The van der Waals surface area contributed by atoms with Crippen LogP contribution < -0.4 is 15.5 Å². The molecule has 2 N–H and O–H groups in total. The standard InChI is InChI=1S/C16H23N7O2/c1-5-11-13(9-21(3)20-11)18-16(25)17-12-6-7-23(15(12)24)14-8-10(2)19-22(14)4/h8-9,12H,5-7H2,1-4H3,(H2,17,18,25). The zero-order valence-corrected chi connectivity index (χ0v) is 14.9. The highest BCUT2D eigenvalue weighted by Crippen LogP contribution is 2.22. The Morgan fingerprint density at radius 3 is 2.76 bits per heavy atom. The smallest absolute Gasteiger partial charge is 0.319 e. The van der Waals surface area contributed by atoms with Crippen molar-refractivity contribution in [2.24, 2.45) is 14.1 Å². The second kappa shape index (κ2) is 6.58. The summed E-state index contributed by atoms with van der Waals surface area (Å²) in [5.74, 6) is 0.618. The summed E-state index contributed by atoms with van der Waals surface area (Å²) in [6.45, 7) is 4.40. The lowest BCUT2D eigenvalue weighted by Crippen LogP contribution is -2.43. The summed E-state index contributed by atoms with van der Waals surface area (Å²) in [6.07, 6.45) is 3.02. The molecule has 1 unspecified atom stereocenters. The van der Waals surface area contributed by atoms with Gasteiger partial charge in [-0.2, -0.15) is 10.2 Å². The molecule has 0 aliphatic carbocycles. The molecule has 3 heterocycles. The molecule has 9 nitrogen and oxygen atoms in total. The first-order valence-electron chi connectivity index (χ1n) is 8.31. The minimum Gasteiger partial charge on any atom is -0.326 e. The molecule has 3 rings (SSSR count). The van der Waals surface area contributed by atoms with Crippen LogP contribution in [0.4, 0.5) is 16.3 Å². The Morgan fingerprint density at radius 1 is 1.36 bits per heavy atom. The Hall–Kier alpha value is -2.84. The minimum absolute atomic E-state index is 0.125. The van der Waals surface area contributed by atoms with E-state index in [-0.39, 0.29) is 5.91 Å². The van der Waals surface area contributed by atoms with Crippen LogP contribution in [-0.4, -0.2) is 44.1 Å². The first-order chi connectivity index (χ1) is 11.9. The minimum atomic E-state index is -0.544. The second-order valence-electron chi connectivity index (χ2n) is 6.21. The maximum Gasteiger partial charge on any atom is 0.319 e. The fourth-order valence-corrected chi connectivity index (χ4v) is 3.11. The molecule has 0 aromatic carbocycles. The van der Waals surface area contributed by atoms with Crippen LogP contribution in [0, 0.1) is 6.92 Å². The Morgan fingerprint density at radius 2 is 2.12 bits per heavy atom. The molecule has 0 bridgehead atoms. The monoisotopic (exact) mass is 345 g/mol. The van der Waals surface area contributed by atoms with Crippen LogP contribution in [0.1, 0.15) is 24.7 Å². The van der Waals surface area contributed by atoms with Gasteiger partial charge in [0, 0.05) is 32.9 Å². The summed E-state index contributed by atoms with van der Waals surface area (Å²) in [7, 11) is 3.61. The molecule has 2 aromatic rings. The molecule has 9 heteroatoms. The second-order valence-corrected chi connectivity index (χ2v) is 6.21. The number of carbonyl (C=O) groups excluding carboxylic acids is 2. The van der Waals surface area contributed by atoms with E-state index in [2.05, 4.69) is 20.8 Å². The van der Waals surface area contributed by atoms with Gasteiger partial charge in [-0.25, -0.2) is 4.79 Å². The first-order valence-corrected chi connectivity index (χ1v) is 8.31. The van der Waals surface area contributed by atoms with E-state index in [9.17, 15) is 9.59 Å². The summed E-state index contributed by atoms with van der Waals surface area (Å²) >= 11 is 0. The lowest BCUT2D eigenvalue weighted by molar-refractivity contribution is -0.118. The van der Waals surface area contributed by atoms with Crippen molar-refractivity contribution in [3.8, 4) is 0 Å². The van der Waals surface area contributed by atoms with Crippen molar-refractivity contribution in [2.45, 2.75) is 32.7 Å². The normalized spacial score (nSPS) is 17.2. The third-order valence-electron chi connectivity index (χ3n) is 4.25. The maximum atomic E-state index is 12.6. The van der Waals surface area contributed by atoms with E-state index in [1.165, 1.54) is 0 Å². The largest absolute Gasteiger partial charge is 0.326 e. The third-order valence-corrected chi connectivity index (χ3v) is 4.25. The van der Waals surface area contributed by atoms with Crippen molar-refractivity contribution in [2.75, 3.05) is 16.8 Å². The van der Waals surface area contributed by atoms with Crippen molar-refractivity contribution in [3.63, 3.8) is 0 Å². The molecule has 1 atom stereocenters. The van der Waals surface area contributed by atoms with Crippen molar-refractivity contribution < 1.29 is 9.59 Å². The van der Waals surface area contributed by atoms with Gasteiger partial charge in [0.1, 0.15) is 11.9 Å². The number of hydrogen-bond donors (Lipinski definition) is 2. The van der Waals surface area contributed by atoms with Gasteiger partial charge in [0.05, 0.1) is 17.1 Å². The van der Waals surface area contributed by atoms with E-state index in [0.29, 0.717) is 25.1 Å². The van der Waals surface area contributed by atoms with Crippen LogP contribution in [0.25, 0.3) is 0 Å². The highest BCUT2D eigenvalue weighted by molar-refractivity contribution is 6.02. The van der Waals surface area contributed by atoms with Crippen LogP contribution in [-0.2, 0) is 25.3 Å². The number of urea groups is 1. The van der Waals surface area contributed by atoms with E-state index in [1.807, 2.05) is 19.9 Å². The average Bonchev–Trinajstić information content (AvgIpc) is 3.18. The number of hydrogen-bond acceptors (Lipinski definition) is 4. The predicted octanol–water partition coefficient (Wildman–Crippen LogP) is 0.951. The summed E-state index contributed by atoms with van der Waals surface area (Å²) in [5.41, 5.74) is 2.32. The molecule has 0 spiro atoms. The number of carbonyl (C=O) groups is 2. The molecular weight excluding hydrogens is 322 g/mol. The molecule has 134 valence electrons. The highest BCUT2D eigenvalue weighted by atomic mass is 16.2. The van der Waals surface area contributed by atoms with E-state index in [0.717, 1.165) is 17.2 Å². The molecule has 1 aliphatic heterocycles. The summed E-state index contributed by atoms with van der Waals surface area (Å²) in [5, 5.41) is 14.1. The number of rotatable bonds is 4. The fourth-order valence-electron chi connectivity index (χ4n) is 3.11. The number of anilines is 2. The van der Waals surface area contributed by atoms with Crippen LogP contribution in [0.2, 0.25) is 0 Å². The topological polar surface area (TPSA) is 97.1 Å². The van der Waals surface area contributed by atoms with E-state index in [1.54, 1.807) is 34.6 Å². The van der Waals surface area contributed by atoms with Crippen molar-refractivity contribution in [1.29, 1.82) is 0 Å². The molecular formula is C16H23N7O2.